The second kappa shape index (κ2) is 9.23. The first kappa shape index (κ1) is 27.7. The molecule has 7 heteroatoms. The zero-order valence-corrected chi connectivity index (χ0v) is 22.7. The molecule has 1 aromatic rings. The number of carbonyl (C=O) groups is 3. The van der Waals surface area contributed by atoms with E-state index < -0.39 is 46.4 Å². The molecule has 1 aliphatic rings. The van der Waals surface area contributed by atoms with Crippen molar-refractivity contribution in [1.29, 1.82) is 0 Å². The molecule has 1 heterocycles. The summed E-state index contributed by atoms with van der Waals surface area (Å²) in [6, 6.07) is 8.61. The molecule has 2 rings (SSSR count). The van der Waals surface area contributed by atoms with Crippen LogP contribution in [0.15, 0.2) is 30.3 Å². The van der Waals surface area contributed by atoms with Crippen LogP contribution in [0.4, 0.5) is 4.79 Å². The third kappa shape index (κ3) is 6.30. The molecule has 1 fully saturated rings. The Morgan fingerprint density at radius 3 is 1.85 bits per heavy atom. The van der Waals surface area contributed by atoms with Crippen LogP contribution in [0.25, 0.3) is 0 Å². The van der Waals surface area contributed by atoms with Crippen molar-refractivity contribution in [2.45, 2.75) is 112 Å². The fourth-order valence-electron chi connectivity index (χ4n) is 4.22. The summed E-state index contributed by atoms with van der Waals surface area (Å²) in [4.78, 5) is 43.9. The van der Waals surface area contributed by atoms with Crippen molar-refractivity contribution in [3.8, 4) is 0 Å². The molecule has 1 aromatic carbocycles. The normalized spacial score (nSPS) is 19.7. The van der Waals surface area contributed by atoms with E-state index in [1.165, 1.54) is 4.90 Å². The summed E-state index contributed by atoms with van der Waals surface area (Å²) in [7, 11) is 0. The number of ether oxygens (including phenoxy) is 2. The number of amides is 2. The number of carbonyl (C=O) groups excluding carboxylic acids is 3. The highest BCUT2D eigenvalue weighted by molar-refractivity contribution is 5.96. The standard InChI is InChI=1S/C27H42N2O5/c1-24(2,3)21-28(22(31)27(10,11)29(21)23(32)34-26(7,8)9)19(20(30)33-25(4,5)6)17-18-15-13-12-14-16-18/h12-16,19,21H,17H2,1-11H3/t19-,21+/m1/s1. The van der Waals surface area contributed by atoms with E-state index in [-0.39, 0.29) is 12.3 Å². The Morgan fingerprint density at radius 1 is 0.912 bits per heavy atom. The van der Waals surface area contributed by atoms with Gasteiger partial charge in [-0.05, 0) is 61.0 Å². The number of rotatable bonds is 4. The zero-order chi connectivity index (χ0) is 26.3. The fourth-order valence-corrected chi connectivity index (χ4v) is 4.22. The van der Waals surface area contributed by atoms with E-state index in [0.717, 1.165) is 5.56 Å². The van der Waals surface area contributed by atoms with E-state index >= 15 is 0 Å². The second-order valence-corrected chi connectivity index (χ2v) is 12.6. The van der Waals surface area contributed by atoms with Gasteiger partial charge in [-0.1, -0.05) is 51.1 Å². The molecule has 2 amide bonds. The van der Waals surface area contributed by atoms with Crippen LogP contribution in [0.5, 0.6) is 0 Å². The molecule has 0 aliphatic carbocycles. The van der Waals surface area contributed by atoms with Gasteiger partial charge in [0.05, 0.1) is 0 Å². The Morgan fingerprint density at radius 2 is 1.41 bits per heavy atom. The van der Waals surface area contributed by atoms with Crippen LogP contribution in [-0.2, 0) is 25.5 Å². The molecule has 7 nitrogen and oxygen atoms in total. The van der Waals surface area contributed by atoms with Crippen molar-refractivity contribution in [1.82, 2.24) is 9.80 Å². The van der Waals surface area contributed by atoms with Gasteiger partial charge in [0.15, 0.2) is 0 Å². The van der Waals surface area contributed by atoms with Gasteiger partial charge in [0.25, 0.3) is 5.91 Å². The minimum atomic E-state index is -1.21. The maximum Gasteiger partial charge on any atom is 0.412 e. The molecule has 0 N–H and O–H groups in total. The first-order valence-electron chi connectivity index (χ1n) is 11.9. The lowest BCUT2D eigenvalue weighted by Crippen LogP contribution is -2.58. The first-order valence-corrected chi connectivity index (χ1v) is 11.9. The third-order valence-electron chi connectivity index (χ3n) is 5.52. The predicted octanol–water partition coefficient (Wildman–Crippen LogP) is 5.17. The Bertz CT molecular complexity index is 904. The van der Waals surface area contributed by atoms with Gasteiger partial charge in [-0.2, -0.15) is 0 Å². The number of hydrogen-bond donors (Lipinski definition) is 0. The second-order valence-electron chi connectivity index (χ2n) is 12.6. The van der Waals surface area contributed by atoms with E-state index in [0.29, 0.717) is 0 Å². The largest absolute Gasteiger partial charge is 0.458 e. The topological polar surface area (TPSA) is 76.2 Å². The lowest BCUT2D eigenvalue weighted by molar-refractivity contribution is -0.167. The minimum Gasteiger partial charge on any atom is -0.458 e. The summed E-state index contributed by atoms with van der Waals surface area (Å²) in [5.74, 6) is -0.814. The van der Waals surface area contributed by atoms with Gasteiger partial charge in [-0.15, -0.1) is 0 Å². The monoisotopic (exact) mass is 474 g/mol. The Hall–Kier alpha value is -2.57. The van der Waals surface area contributed by atoms with Crippen LogP contribution in [0.3, 0.4) is 0 Å². The highest BCUT2D eigenvalue weighted by atomic mass is 16.6. The Balaban J connectivity index is 2.65. The number of hydrogen-bond acceptors (Lipinski definition) is 5. The molecule has 0 spiro atoms. The van der Waals surface area contributed by atoms with Gasteiger partial charge in [0, 0.05) is 11.8 Å². The van der Waals surface area contributed by atoms with Gasteiger partial charge < -0.3 is 14.4 Å². The molecule has 190 valence electrons. The van der Waals surface area contributed by atoms with Crippen molar-refractivity contribution < 1.29 is 23.9 Å². The predicted molar refractivity (Wildman–Crippen MR) is 132 cm³/mol. The van der Waals surface area contributed by atoms with E-state index in [1.54, 1.807) is 60.3 Å². The maximum absolute atomic E-state index is 13.9. The van der Waals surface area contributed by atoms with Crippen molar-refractivity contribution >= 4 is 18.0 Å². The van der Waals surface area contributed by atoms with E-state index in [4.69, 9.17) is 9.47 Å². The van der Waals surface area contributed by atoms with Crippen LogP contribution in [-0.4, -0.2) is 56.7 Å². The highest BCUT2D eigenvalue weighted by Crippen LogP contribution is 2.42. The lowest BCUT2D eigenvalue weighted by Gasteiger charge is -2.43. The van der Waals surface area contributed by atoms with E-state index in [2.05, 4.69) is 0 Å². The fraction of sp³-hybridized carbons (Fsp3) is 0.667. The minimum absolute atomic E-state index is 0.270. The molecular weight excluding hydrogens is 432 g/mol. The van der Waals surface area contributed by atoms with Crippen molar-refractivity contribution in [2.75, 3.05) is 0 Å². The van der Waals surface area contributed by atoms with E-state index in [9.17, 15) is 14.4 Å². The molecule has 34 heavy (non-hydrogen) atoms. The molecule has 0 saturated carbocycles. The number of nitrogens with zero attached hydrogens (tertiary/aromatic N) is 2. The lowest BCUT2D eigenvalue weighted by atomic mass is 9.89. The van der Waals surface area contributed by atoms with Crippen molar-refractivity contribution in [3.63, 3.8) is 0 Å². The number of esters is 1. The van der Waals surface area contributed by atoms with Gasteiger partial charge in [0.1, 0.15) is 28.9 Å². The molecule has 0 radical (unpaired) electrons. The Kier molecular flexibility index (Phi) is 7.51. The molecule has 0 aromatic heterocycles. The average molecular weight is 475 g/mol. The van der Waals surface area contributed by atoms with Crippen molar-refractivity contribution in [3.05, 3.63) is 35.9 Å². The number of benzene rings is 1. The average Bonchev–Trinajstić information content (AvgIpc) is 2.84. The van der Waals surface area contributed by atoms with Crippen molar-refractivity contribution in [2.24, 2.45) is 5.41 Å². The summed E-state index contributed by atoms with van der Waals surface area (Å²) < 4.78 is 11.5. The summed E-state index contributed by atoms with van der Waals surface area (Å²) >= 11 is 0. The van der Waals surface area contributed by atoms with Crippen LogP contribution in [0, 0.1) is 5.41 Å². The molecular formula is C27H42N2O5. The smallest absolute Gasteiger partial charge is 0.412 e. The molecule has 0 unspecified atom stereocenters. The van der Waals surface area contributed by atoms with Gasteiger partial charge in [-0.25, -0.2) is 9.59 Å². The van der Waals surface area contributed by atoms with Gasteiger partial charge in [-0.3, -0.25) is 9.69 Å². The third-order valence-corrected chi connectivity index (χ3v) is 5.52. The SMILES string of the molecule is CC(C)(C)OC(=O)[C@@H](Cc1ccccc1)N1C(=O)C(C)(C)N(C(=O)OC(C)(C)C)[C@H]1C(C)(C)C. The summed E-state index contributed by atoms with van der Waals surface area (Å²) in [5.41, 5.74) is -2.35. The summed E-state index contributed by atoms with van der Waals surface area (Å²) in [6.45, 7) is 20.0. The maximum atomic E-state index is 13.9. The van der Waals surface area contributed by atoms with Crippen LogP contribution < -0.4 is 0 Å². The summed E-state index contributed by atoms with van der Waals surface area (Å²) in [6.07, 6.45) is -1.03. The van der Waals surface area contributed by atoms with Crippen LogP contribution in [0.2, 0.25) is 0 Å². The van der Waals surface area contributed by atoms with Crippen LogP contribution >= 0.6 is 0 Å². The quantitative estimate of drug-likeness (QED) is 0.563. The first-order chi connectivity index (χ1) is 15.3. The zero-order valence-electron chi connectivity index (χ0n) is 22.7. The van der Waals surface area contributed by atoms with Gasteiger partial charge >= 0.3 is 12.1 Å². The molecule has 2 atom stereocenters. The highest BCUT2D eigenvalue weighted by Gasteiger charge is 2.61. The summed E-state index contributed by atoms with van der Waals surface area (Å²) in [5, 5.41) is 0. The van der Waals surface area contributed by atoms with Gasteiger partial charge in [0.2, 0.25) is 0 Å². The molecule has 0 bridgehead atoms. The van der Waals surface area contributed by atoms with Crippen LogP contribution in [0.1, 0.15) is 81.7 Å². The molecule has 1 saturated heterocycles. The van der Waals surface area contributed by atoms with E-state index in [1.807, 2.05) is 51.1 Å². The Labute approximate surface area is 204 Å². The molecule has 1 aliphatic heterocycles.